The van der Waals surface area contributed by atoms with Gasteiger partial charge in [0.1, 0.15) is 5.60 Å². The zero-order valence-electron chi connectivity index (χ0n) is 11.4. The van der Waals surface area contributed by atoms with Crippen molar-refractivity contribution < 1.29 is 19.1 Å². The number of nitrogens with zero attached hydrogens (tertiary/aromatic N) is 2. The highest BCUT2D eigenvalue weighted by atomic mass is 16.6. The van der Waals surface area contributed by atoms with E-state index in [-0.39, 0.29) is 17.7 Å². The van der Waals surface area contributed by atoms with Gasteiger partial charge in [0.25, 0.3) is 0 Å². The molecule has 0 radical (unpaired) electrons. The van der Waals surface area contributed by atoms with Gasteiger partial charge in [-0.2, -0.15) is 0 Å². The van der Waals surface area contributed by atoms with E-state index in [9.17, 15) is 9.59 Å². The van der Waals surface area contributed by atoms with E-state index in [0.717, 1.165) is 6.42 Å². The molecule has 0 saturated carbocycles. The molecular formula is C12H20N2O4. The number of carbonyl (C=O) groups is 2. The van der Waals surface area contributed by atoms with Crippen molar-refractivity contribution in [2.24, 2.45) is 0 Å². The molecule has 1 spiro atoms. The summed E-state index contributed by atoms with van der Waals surface area (Å²) in [4.78, 5) is 26.6. The highest BCUT2D eigenvalue weighted by Gasteiger charge is 2.57. The Kier molecular flexibility index (Phi) is 2.91. The fraction of sp³-hybridized carbons (Fsp3) is 0.833. The minimum atomic E-state index is -0.485. The van der Waals surface area contributed by atoms with Crippen LogP contribution in [0.4, 0.5) is 9.59 Å². The summed E-state index contributed by atoms with van der Waals surface area (Å²) in [6.07, 6.45) is 0.288. The first kappa shape index (κ1) is 13.0. The summed E-state index contributed by atoms with van der Waals surface area (Å²) < 4.78 is 9.99. The number of hydrogen-bond acceptors (Lipinski definition) is 4. The van der Waals surface area contributed by atoms with E-state index in [4.69, 9.17) is 9.47 Å². The number of rotatable bonds is 0. The van der Waals surface area contributed by atoms with Gasteiger partial charge in [0.15, 0.2) is 0 Å². The predicted molar refractivity (Wildman–Crippen MR) is 64.3 cm³/mol. The molecule has 2 amide bonds. The third kappa shape index (κ3) is 2.11. The van der Waals surface area contributed by atoms with Crippen molar-refractivity contribution in [1.82, 2.24) is 9.80 Å². The van der Waals surface area contributed by atoms with Gasteiger partial charge in [-0.15, -0.1) is 0 Å². The summed E-state index contributed by atoms with van der Waals surface area (Å²) in [5.41, 5.74) is -0.689. The normalized spacial score (nSPS) is 21.1. The Morgan fingerprint density at radius 2 is 1.78 bits per heavy atom. The average Bonchev–Trinajstić information content (AvgIpc) is 2.10. The molecule has 0 aromatic rings. The zero-order chi connectivity index (χ0) is 13.6. The molecule has 0 aromatic heterocycles. The minimum absolute atomic E-state index is 0.204. The van der Waals surface area contributed by atoms with Gasteiger partial charge in [0.2, 0.25) is 0 Å². The molecule has 0 bridgehead atoms. The van der Waals surface area contributed by atoms with Crippen LogP contribution in [0.25, 0.3) is 0 Å². The number of ether oxygens (including phenoxy) is 2. The van der Waals surface area contributed by atoms with Gasteiger partial charge < -0.3 is 14.4 Å². The van der Waals surface area contributed by atoms with Gasteiger partial charge in [0.05, 0.1) is 12.6 Å². The second-order valence-corrected chi connectivity index (χ2v) is 5.93. The van der Waals surface area contributed by atoms with Gasteiger partial charge in [0, 0.05) is 19.6 Å². The van der Waals surface area contributed by atoms with Crippen LogP contribution in [0.1, 0.15) is 27.2 Å². The highest BCUT2D eigenvalue weighted by molar-refractivity contribution is 5.73. The number of hydrogen-bond donors (Lipinski definition) is 0. The monoisotopic (exact) mass is 256 g/mol. The summed E-state index contributed by atoms with van der Waals surface area (Å²) in [7, 11) is 1.37. The molecule has 102 valence electrons. The molecule has 2 fully saturated rings. The van der Waals surface area contributed by atoms with Crippen LogP contribution in [0.2, 0.25) is 0 Å². The van der Waals surface area contributed by atoms with Crippen molar-refractivity contribution in [2.75, 3.05) is 26.7 Å². The van der Waals surface area contributed by atoms with Crippen LogP contribution in [-0.4, -0.2) is 59.9 Å². The molecule has 18 heavy (non-hydrogen) atoms. The van der Waals surface area contributed by atoms with Crippen molar-refractivity contribution in [3.05, 3.63) is 0 Å². The maximum atomic E-state index is 11.8. The summed E-state index contributed by atoms with van der Waals surface area (Å²) in [5.74, 6) is 0. The predicted octanol–water partition coefficient (Wildman–Crippen LogP) is 1.45. The van der Waals surface area contributed by atoms with Crippen molar-refractivity contribution in [3.8, 4) is 0 Å². The van der Waals surface area contributed by atoms with Crippen molar-refractivity contribution >= 4 is 12.2 Å². The second kappa shape index (κ2) is 4.03. The van der Waals surface area contributed by atoms with Crippen LogP contribution in [-0.2, 0) is 9.47 Å². The average molecular weight is 256 g/mol. The lowest BCUT2D eigenvalue weighted by Crippen LogP contribution is -2.78. The molecule has 0 aliphatic carbocycles. The molecule has 0 N–H and O–H groups in total. The summed E-state index contributed by atoms with van der Waals surface area (Å²) >= 11 is 0. The Hall–Kier alpha value is -1.46. The summed E-state index contributed by atoms with van der Waals surface area (Å²) in [5, 5.41) is 0. The Morgan fingerprint density at radius 3 is 2.17 bits per heavy atom. The third-order valence-corrected chi connectivity index (χ3v) is 3.39. The first-order chi connectivity index (χ1) is 8.27. The van der Waals surface area contributed by atoms with Gasteiger partial charge in [-0.1, -0.05) is 0 Å². The van der Waals surface area contributed by atoms with Gasteiger partial charge in [-0.25, -0.2) is 9.59 Å². The quantitative estimate of drug-likeness (QED) is 0.658. The molecule has 2 heterocycles. The third-order valence-electron chi connectivity index (χ3n) is 3.39. The van der Waals surface area contributed by atoms with E-state index in [1.807, 2.05) is 20.8 Å². The van der Waals surface area contributed by atoms with E-state index < -0.39 is 5.60 Å². The minimum Gasteiger partial charge on any atom is -0.453 e. The SMILES string of the molecule is COC(=O)N1CCC12CN(C(=O)OC(C)(C)C)C2. The Balaban J connectivity index is 1.87. The lowest BCUT2D eigenvalue weighted by molar-refractivity contribution is -0.106. The van der Waals surface area contributed by atoms with Gasteiger partial charge >= 0.3 is 12.2 Å². The van der Waals surface area contributed by atoms with Crippen molar-refractivity contribution in [2.45, 2.75) is 38.3 Å². The largest absolute Gasteiger partial charge is 0.453 e. The number of likely N-dealkylation sites (tertiary alicyclic amines) is 2. The van der Waals surface area contributed by atoms with Crippen LogP contribution in [0.15, 0.2) is 0 Å². The van der Waals surface area contributed by atoms with Crippen LogP contribution >= 0.6 is 0 Å². The number of carbonyl (C=O) groups excluding carboxylic acids is 2. The maximum absolute atomic E-state index is 11.8. The van der Waals surface area contributed by atoms with Gasteiger partial charge in [-0.3, -0.25) is 4.90 Å². The molecule has 2 aliphatic rings. The molecule has 6 nitrogen and oxygen atoms in total. The highest BCUT2D eigenvalue weighted by Crippen LogP contribution is 2.39. The molecule has 2 saturated heterocycles. The molecule has 0 unspecified atom stereocenters. The second-order valence-electron chi connectivity index (χ2n) is 5.93. The molecule has 2 aliphatic heterocycles. The Morgan fingerprint density at radius 1 is 1.17 bits per heavy atom. The maximum Gasteiger partial charge on any atom is 0.410 e. The molecule has 0 atom stereocenters. The molecular weight excluding hydrogens is 236 g/mol. The first-order valence-corrected chi connectivity index (χ1v) is 6.11. The Labute approximate surface area is 107 Å². The lowest BCUT2D eigenvalue weighted by atomic mass is 9.78. The fourth-order valence-electron chi connectivity index (χ4n) is 2.38. The zero-order valence-corrected chi connectivity index (χ0v) is 11.4. The first-order valence-electron chi connectivity index (χ1n) is 6.11. The molecule has 2 rings (SSSR count). The van der Waals surface area contributed by atoms with E-state index in [1.165, 1.54) is 7.11 Å². The van der Waals surface area contributed by atoms with Gasteiger partial charge in [-0.05, 0) is 27.2 Å². The molecule has 0 aromatic carbocycles. The standard InChI is InChI=1S/C12H20N2O4/c1-11(2,3)18-9(15)13-7-12(8-13)5-6-14(12)10(16)17-4/h5-8H2,1-4H3. The topological polar surface area (TPSA) is 59.1 Å². The summed E-state index contributed by atoms with van der Waals surface area (Å²) in [6, 6.07) is 0. The van der Waals surface area contributed by atoms with Crippen LogP contribution < -0.4 is 0 Å². The summed E-state index contributed by atoms with van der Waals surface area (Å²) in [6.45, 7) is 7.29. The van der Waals surface area contributed by atoms with E-state index in [2.05, 4.69) is 0 Å². The Bertz CT molecular complexity index is 369. The molecule has 6 heteroatoms. The van der Waals surface area contributed by atoms with Crippen LogP contribution in [0, 0.1) is 0 Å². The van der Waals surface area contributed by atoms with Crippen LogP contribution in [0.3, 0.4) is 0 Å². The van der Waals surface area contributed by atoms with E-state index >= 15 is 0 Å². The lowest BCUT2D eigenvalue weighted by Gasteiger charge is -2.61. The van der Waals surface area contributed by atoms with Crippen molar-refractivity contribution in [1.29, 1.82) is 0 Å². The van der Waals surface area contributed by atoms with Crippen LogP contribution in [0.5, 0.6) is 0 Å². The smallest absolute Gasteiger partial charge is 0.410 e. The fourth-order valence-corrected chi connectivity index (χ4v) is 2.38. The van der Waals surface area contributed by atoms with E-state index in [0.29, 0.717) is 19.6 Å². The van der Waals surface area contributed by atoms with Crippen molar-refractivity contribution in [3.63, 3.8) is 0 Å². The van der Waals surface area contributed by atoms with E-state index in [1.54, 1.807) is 9.80 Å². The number of methoxy groups -OCH3 is 1. The number of amides is 2.